The van der Waals surface area contributed by atoms with Crippen molar-refractivity contribution >= 4 is 0 Å². The summed E-state index contributed by atoms with van der Waals surface area (Å²) in [6, 6.07) is 25.4. The van der Waals surface area contributed by atoms with Gasteiger partial charge >= 0.3 is 0 Å². The maximum Gasteiger partial charge on any atom is -0.0398 e. The number of hydrogen-bond donors (Lipinski definition) is 0. The molecule has 0 saturated heterocycles. The van der Waals surface area contributed by atoms with Crippen molar-refractivity contribution in [3.05, 3.63) is 106 Å². The van der Waals surface area contributed by atoms with Gasteiger partial charge in [-0.15, -0.1) is 0 Å². The fourth-order valence-electron chi connectivity index (χ4n) is 1.91. The Morgan fingerprint density at radius 3 is 0.414 bits per heavy atom. The van der Waals surface area contributed by atoms with Gasteiger partial charge in [0.25, 0.3) is 0 Å². The van der Waals surface area contributed by atoms with E-state index in [4.69, 9.17) is 0 Å². The molecule has 0 amide bonds. The summed E-state index contributed by atoms with van der Waals surface area (Å²) in [6.07, 6.45) is 0. The molecule has 0 spiro atoms. The molecular weight excluding hydrogens is 348 g/mol. The zero-order chi connectivity index (χ0) is 21.9. The summed E-state index contributed by atoms with van der Waals surface area (Å²) in [5, 5.41) is 0. The standard InChI is InChI=1S/3C8H10.2C2H6.CH4/c3*1-7-3-5-8(2)6-4-7;2*1-2;/h3*3-6H,1-2H3;2*1-2H3;1H4. The summed E-state index contributed by atoms with van der Waals surface area (Å²) in [5.74, 6) is 0. The average molecular weight is 395 g/mol. The zero-order valence-electron chi connectivity index (χ0n) is 19.9. The quantitative estimate of drug-likeness (QED) is 0.356. The van der Waals surface area contributed by atoms with Gasteiger partial charge in [0.15, 0.2) is 0 Å². The lowest BCUT2D eigenvalue weighted by atomic mass is 10.2. The molecule has 0 radical (unpaired) electrons. The van der Waals surface area contributed by atoms with Gasteiger partial charge in [0.1, 0.15) is 0 Å². The fourth-order valence-corrected chi connectivity index (χ4v) is 1.91. The van der Waals surface area contributed by atoms with Crippen LogP contribution >= 0.6 is 0 Å². The molecular formula is C29H46. The maximum absolute atomic E-state index is 2.12. The maximum atomic E-state index is 2.12. The topological polar surface area (TPSA) is 0 Å². The van der Waals surface area contributed by atoms with Crippen LogP contribution in [0.1, 0.15) is 68.5 Å². The lowest BCUT2D eigenvalue weighted by Gasteiger charge is -1.90. The van der Waals surface area contributed by atoms with Crippen molar-refractivity contribution in [3.63, 3.8) is 0 Å². The Bertz CT molecular complexity index is 520. The number of benzene rings is 3. The van der Waals surface area contributed by atoms with Crippen molar-refractivity contribution < 1.29 is 0 Å². The molecule has 0 aromatic heterocycles. The molecule has 162 valence electrons. The first kappa shape index (κ1) is 31.4. The van der Waals surface area contributed by atoms with Crippen LogP contribution in [0.25, 0.3) is 0 Å². The van der Waals surface area contributed by atoms with Crippen molar-refractivity contribution in [1.82, 2.24) is 0 Å². The summed E-state index contributed by atoms with van der Waals surface area (Å²) < 4.78 is 0. The first-order valence-electron chi connectivity index (χ1n) is 10.5. The van der Waals surface area contributed by atoms with Crippen LogP contribution in [0.4, 0.5) is 0 Å². The summed E-state index contributed by atoms with van der Waals surface area (Å²) in [5.41, 5.74) is 7.98. The van der Waals surface area contributed by atoms with Crippen LogP contribution in [0.5, 0.6) is 0 Å². The van der Waals surface area contributed by atoms with E-state index in [0.29, 0.717) is 0 Å². The van der Waals surface area contributed by atoms with Crippen LogP contribution in [0.15, 0.2) is 72.8 Å². The number of hydrogen-bond acceptors (Lipinski definition) is 0. The minimum absolute atomic E-state index is 0. The fraction of sp³-hybridized carbons (Fsp3) is 0.379. The molecule has 3 aromatic rings. The van der Waals surface area contributed by atoms with E-state index in [1.807, 2.05) is 27.7 Å². The van der Waals surface area contributed by atoms with Gasteiger partial charge in [-0.25, -0.2) is 0 Å². The van der Waals surface area contributed by atoms with Gasteiger partial charge in [-0.2, -0.15) is 0 Å². The second-order valence-electron chi connectivity index (χ2n) is 6.46. The molecule has 0 aliphatic carbocycles. The Balaban J connectivity index is -0.000000316. The third-order valence-electron chi connectivity index (χ3n) is 3.65. The molecule has 3 rings (SSSR count). The van der Waals surface area contributed by atoms with Crippen LogP contribution in [-0.4, -0.2) is 0 Å². The van der Waals surface area contributed by atoms with Crippen molar-refractivity contribution in [1.29, 1.82) is 0 Å². The third kappa shape index (κ3) is 18.8. The van der Waals surface area contributed by atoms with Gasteiger partial charge in [-0.3, -0.25) is 0 Å². The highest BCUT2D eigenvalue weighted by Crippen LogP contribution is 2.00. The second kappa shape index (κ2) is 20.4. The van der Waals surface area contributed by atoms with Crippen LogP contribution < -0.4 is 0 Å². The SMILES string of the molecule is C.CC.CC.Cc1ccc(C)cc1.Cc1ccc(C)cc1.Cc1ccc(C)cc1. The van der Waals surface area contributed by atoms with Gasteiger partial charge < -0.3 is 0 Å². The van der Waals surface area contributed by atoms with Crippen molar-refractivity contribution in [3.8, 4) is 0 Å². The van der Waals surface area contributed by atoms with Gasteiger partial charge in [-0.1, -0.05) is 141 Å². The van der Waals surface area contributed by atoms with E-state index in [9.17, 15) is 0 Å². The van der Waals surface area contributed by atoms with E-state index in [2.05, 4.69) is 114 Å². The van der Waals surface area contributed by atoms with Crippen molar-refractivity contribution in [2.24, 2.45) is 0 Å². The number of aryl methyl sites for hydroxylation is 6. The van der Waals surface area contributed by atoms with Crippen LogP contribution in [0.3, 0.4) is 0 Å². The molecule has 0 aliphatic rings. The Morgan fingerprint density at radius 1 is 0.276 bits per heavy atom. The number of rotatable bonds is 0. The summed E-state index contributed by atoms with van der Waals surface area (Å²) in [7, 11) is 0. The molecule has 0 bridgehead atoms. The van der Waals surface area contributed by atoms with Gasteiger partial charge in [-0.05, 0) is 41.5 Å². The molecule has 0 heterocycles. The first-order chi connectivity index (χ1) is 13.4. The monoisotopic (exact) mass is 394 g/mol. The molecule has 0 heteroatoms. The van der Waals surface area contributed by atoms with E-state index in [-0.39, 0.29) is 7.43 Å². The van der Waals surface area contributed by atoms with Gasteiger partial charge in [0.2, 0.25) is 0 Å². The summed E-state index contributed by atoms with van der Waals surface area (Å²) >= 11 is 0. The molecule has 0 aliphatic heterocycles. The second-order valence-corrected chi connectivity index (χ2v) is 6.46. The van der Waals surface area contributed by atoms with E-state index in [1.165, 1.54) is 33.4 Å². The Kier molecular flexibility index (Phi) is 22.1. The Morgan fingerprint density at radius 2 is 0.345 bits per heavy atom. The highest BCUT2D eigenvalue weighted by molar-refractivity contribution is 5.20. The summed E-state index contributed by atoms with van der Waals surface area (Å²) in [6.45, 7) is 20.6. The molecule has 0 unspecified atom stereocenters. The van der Waals surface area contributed by atoms with Crippen molar-refractivity contribution in [2.75, 3.05) is 0 Å². The zero-order valence-corrected chi connectivity index (χ0v) is 19.9. The average Bonchev–Trinajstić information content (AvgIpc) is 2.73. The minimum Gasteiger partial charge on any atom is -0.0776 e. The summed E-state index contributed by atoms with van der Waals surface area (Å²) in [4.78, 5) is 0. The first-order valence-corrected chi connectivity index (χ1v) is 10.5. The lowest BCUT2D eigenvalue weighted by molar-refractivity contribution is 1.40. The van der Waals surface area contributed by atoms with Gasteiger partial charge in [0.05, 0.1) is 0 Å². The van der Waals surface area contributed by atoms with E-state index >= 15 is 0 Å². The van der Waals surface area contributed by atoms with E-state index in [1.54, 1.807) is 0 Å². The third-order valence-corrected chi connectivity index (χ3v) is 3.65. The van der Waals surface area contributed by atoms with E-state index in [0.717, 1.165) is 0 Å². The largest absolute Gasteiger partial charge is 0.0776 e. The van der Waals surface area contributed by atoms with Crippen LogP contribution in [0.2, 0.25) is 0 Å². The highest BCUT2D eigenvalue weighted by atomic mass is 13.9. The Hall–Kier alpha value is -2.34. The van der Waals surface area contributed by atoms with Crippen LogP contribution in [0, 0.1) is 41.5 Å². The van der Waals surface area contributed by atoms with Crippen molar-refractivity contribution in [2.45, 2.75) is 76.7 Å². The molecule has 0 fully saturated rings. The molecule has 29 heavy (non-hydrogen) atoms. The predicted molar refractivity (Wildman–Crippen MR) is 137 cm³/mol. The molecule has 0 N–H and O–H groups in total. The van der Waals surface area contributed by atoms with Crippen LogP contribution in [-0.2, 0) is 0 Å². The molecule has 0 atom stereocenters. The highest BCUT2D eigenvalue weighted by Gasteiger charge is 1.81. The predicted octanol–water partition coefficient (Wildman–Crippen LogP) is 9.60. The van der Waals surface area contributed by atoms with E-state index < -0.39 is 0 Å². The lowest BCUT2D eigenvalue weighted by Crippen LogP contribution is -1.70. The molecule has 0 nitrogen and oxygen atoms in total. The molecule has 3 aromatic carbocycles. The smallest absolute Gasteiger partial charge is 0.0398 e. The van der Waals surface area contributed by atoms with Gasteiger partial charge in [0, 0.05) is 0 Å². The Labute approximate surface area is 183 Å². The minimum atomic E-state index is 0. The molecule has 0 saturated carbocycles. The normalized spacial score (nSPS) is 8.07.